The van der Waals surface area contributed by atoms with Gasteiger partial charge >= 0.3 is 0 Å². The lowest BCUT2D eigenvalue weighted by Crippen LogP contribution is -2.45. The second-order valence-corrected chi connectivity index (χ2v) is 10.5. The average Bonchev–Trinajstić information content (AvgIpc) is 3.69. The van der Waals surface area contributed by atoms with Crippen LogP contribution in [0, 0.1) is 11.2 Å². The minimum atomic E-state index is -0.891. The molecule has 4 heterocycles. The van der Waals surface area contributed by atoms with Gasteiger partial charge in [0, 0.05) is 30.6 Å². The van der Waals surface area contributed by atoms with E-state index in [0.29, 0.717) is 46.7 Å². The summed E-state index contributed by atoms with van der Waals surface area (Å²) < 4.78 is 31.5. The van der Waals surface area contributed by atoms with Gasteiger partial charge in [0.2, 0.25) is 18.1 Å². The molecule has 11 heteroatoms. The van der Waals surface area contributed by atoms with Crippen LogP contribution in [0.1, 0.15) is 31.9 Å². The van der Waals surface area contributed by atoms with E-state index >= 15 is 0 Å². The van der Waals surface area contributed by atoms with Gasteiger partial charge in [0.15, 0.2) is 5.82 Å². The third kappa shape index (κ3) is 6.12. The molecule has 41 heavy (non-hydrogen) atoms. The zero-order valence-corrected chi connectivity index (χ0v) is 22.6. The Morgan fingerprint density at radius 3 is 2.56 bits per heavy atom. The van der Waals surface area contributed by atoms with Crippen molar-refractivity contribution in [1.82, 2.24) is 19.9 Å². The predicted molar refractivity (Wildman–Crippen MR) is 150 cm³/mol. The number of nitrogens with zero attached hydrogens (tertiary/aromatic N) is 3. The molecule has 2 aromatic carbocycles. The van der Waals surface area contributed by atoms with Gasteiger partial charge in [-0.05, 0) is 62.2 Å². The molecule has 2 aliphatic rings. The highest BCUT2D eigenvalue weighted by Crippen LogP contribution is 2.36. The highest BCUT2D eigenvalue weighted by Gasteiger charge is 2.41. The fourth-order valence-electron chi connectivity index (χ4n) is 4.80. The molecule has 0 saturated carbocycles. The lowest BCUT2D eigenvalue weighted by Gasteiger charge is -2.35. The van der Waals surface area contributed by atoms with Gasteiger partial charge in [0.25, 0.3) is 0 Å². The summed E-state index contributed by atoms with van der Waals surface area (Å²) >= 11 is 0. The third-order valence-electron chi connectivity index (χ3n) is 7.17. The average molecular weight is 559 g/mol. The number of amides is 1. The summed E-state index contributed by atoms with van der Waals surface area (Å²) in [6.07, 6.45) is 3.02. The van der Waals surface area contributed by atoms with Crippen LogP contribution >= 0.6 is 0 Å². The summed E-state index contributed by atoms with van der Waals surface area (Å²) in [7, 11) is 0. The lowest BCUT2D eigenvalue weighted by molar-refractivity contribution is -0.229. The molecule has 4 aromatic rings. The van der Waals surface area contributed by atoms with Crippen LogP contribution in [0.25, 0.3) is 22.6 Å². The number of ether oxygens (including phenoxy) is 3. The van der Waals surface area contributed by atoms with E-state index in [1.165, 1.54) is 12.1 Å². The number of para-hydroxylation sites is 1. The lowest BCUT2D eigenvalue weighted by atomic mass is 9.91. The molecule has 2 saturated heterocycles. The summed E-state index contributed by atoms with van der Waals surface area (Å²) in [4.78, 5) is 30.1. The number of nitrogens with one attached hydrogen (secondary N) is 3. The normalized spacial score (nSPS) is 22.4. The molecule has 0 radical (unpaired) electrons. The van der Waals surface area contributed by atoms with E-state index in [1.807, 2.05) is 30.3 Å². The Kier molecular flexibility index (Phi) is 7.73. The van der Waals surface area contributed by atoms with Crippen molar-refractivity contribution in [2.45, 2.75) is 32.2 Å². The molecular formula is C30H31FN6O4. The summed E-state index contributed by atoms with van der Waals surface area (Å²) in [5.41, 5.74) is 2.27. The van der Waals surface area contributed by atoms with Crippen molar-refractivity contribution in [1.29, 1.82) is 0 Å². The van der Waals surface area contributed by atoms with E-state index in [0.717, 1.165) is 19.4 Å². The first-order valence-corrected chi connectivity index (χ1v) is 13.6. The van der Waals surface area contributed by atoms with Crippen molar-refractivity contribution in [3.63, 3.8) is 0 Å². The number of hydrogen-bond acceptors (Lipinski definition) is 8. The van der Waals surface area contributed by atoms with Crippen LogP contribution in [0.4, 0.5) is 16.0 Å². The van der Waals surface area contributed by atoms with Gasteiger partial charge in [-0.1, -0.05) is 18.2 Å². The molecule has 3 N–H and O–H groups in total. The maximum Gasteiger partial charge on any atom is 0.234 e. The number of halogens is 1. The van der Waals surface area contributed by atoms with Gasteiger partial charge in [0.05, 0.1) is 41.8 Å². The quantitative estimate of drug-likeness (QED) is 0.278. The molecule has 0 spiro atoms. The number of aromatic nitrogens is 4. The summed E-state index contributed by atoms with van der Waals surface area (Å²) in [5.74, 6) is 0.334. The minimum absolute atomic E-state index is 0.128. The number of carbonyl (C=O) groups is 1. The summed E-state index contributed by atoms with van der Waals surface area (Å²) in [6.45, 7) is 3.44. The van der Waals surface area contributed by atoms with Crippen molar-refractivity contribution >= 4 is 17.5 Å². The van der Waals surface area contributed by atoms with E-state index < -0.39 is 11.7 Å². The van der Waals surface area contributed by atoms with Crippen LogP contribution in [-0.4, -0.2) is 58.3 Å². The Labute approximate surface area is 236 Å². The first-order valence-electron chi connectivity index (χ1n) is 13.6. The number of aromatic amines is 1. The molecule has 2 aliphatic heterocycles. The van der Waals surface area contributed by atoms with E-state index in [9.17, 15) is 9.18 Å². The molecule has 2 aromatic heterocycles. The summed E-state index contributed by atoms with van der Waals surface area (Å²) in [5, 5.41) is 6.17. The number of H-pyrrole nitrogens is 1. The third-order valence-corrected chi connectivity index (χ3v) is 7.17. The number of imidazole rings is 1. The van der Waals surface area contributed by atoms with Crippen molar-refractivity contribution in [2.75, 3.05) is 37.0 Å². The van der Waals surface area contributed by atoms with Gasteiger partial charge < -0.3 is 29.8 Å². The highest BCUT2D eigenvalue weighted by atomic mass is 19.1. The highest BCUT2D eigenvalue weighted by molar-refractivity contribution is 5.95. The molecule has 6 rings (SSSR count). The second kappa shape index (κ2) is 11.7. The van der Waals surface area contributed by atoms with Crippen molar-refractivity contribution in [2.24, 2.45) is 5.41 Å². The molecular weight excluding hydrogens is 527 g/mol. The van der Waals surface area contributed by atoms with E-state index in [1.54, 1.807) is 31.3 Å². The summed E-state index contributed by atoms with van der Waals surface area (Å²) in [6, 6.07) is 17.1. The number of carbonyl (C=O) groups excluding carboxylic acids is 1. The molecule has 0 bridgehead atoms. The van der Waals surface area contributed by atoms with Gasteiger partial charge in [-0.15, -0.1) is 0 Å². The van der Waals surface area contributed by atoms with E-state index in [2.05, 4.69) is 20.6 Å². The number of benzene rings is 2. The Bertz CT molecular complexity index is 1480. The van der Waals surface area contributed by atoms with Gasteiger partial charge in [0.1, 0.15) is 5.82 Å². The zero-order chi connectivity index (χ0) is 28.2. The molecule has 1 unspecified atom stereocenters. The maximum absolute atomic E-state index is 13.7. The van der Waals surface area contributed by atoms with E-state index in [4.69, 9.17) is 24.2 Å². The second-order valence-electron chi connectivity index (χ2n) is 10.5. The fourth-order valence-corrected chi connectivity index (χ4v) is 4.80. The largest absolute Gasteiger partial charge is 0.376 e. The molecule has 212 valence electrons. The molecule has 2 fully saturated rings. The van der Waals surface area contributed by atoms with Gasteiger partial charge in [-0.3, -0.25) is 4.79 Å². The topological polar surface area (TPSA) is 123 Å². The Morgan fingerprint density at radius 2 is 1.83 bits per heavy atom. The standard InChI is InChI=1S/C30H31FN6O4/c1-30(28(38)34-21-6-3-2-4-7-21)17-40-27(41-18-30)26-36-24(19-9-11-20(31)12-10-19)25(37-26)23-13-14-32-29(35-23)33-16-22-8-5-15-39-22/h2-4,6-7,9-14,22,27H,5,8,15-18H2,1H3,(H,34,38)(H,36,37)(H,32,33,35). The minimum Gasteiger partial charge on any atom is -0.376 e. The van der Waals surface area contributed by atoms with Crippen molar-refractivity contribution in [3.05, 3.63) is 78.5 Å². The van der Waals surface area contributed by atoms with E-state index in [-0.39, 0.29) is 31.0 Å². The molecule has 10 nitrogen and oxygen atoms in total. The van der Waals surface area contributed by atoms with Crippen LogP contribution in [0.5, 0.6) is 0 Å². The van der Waals surface area contributed by atoms with Crippen molar-refractivity contribution in [3.8, 4) is 22.6 Å². The Balaban J connectivity index is 1.23. The predicted octanol–water partition coefficient (Wildman–Crippen LogP) is 4.95. The number of hydrogen-bond donors (Lipinski definition) is 3. The molecule has 1 amide bonds. The number of anilines is 2. The maximum atomic E-state index is 13.7. The Hall–Kier alpha value is -4.19. The van der Waals surface area contributed by atoms with Gasteiger partial charge in [-0.25, -0.2) is 19.3 Å². The zero-order valence-electron chi connectivity index (χ0n) is 22.6. The van der Waals surface area contributed by atoms with Gasteiger partial charge in [-0.2, -0.15) is 0 Å². The SMILES string of the molecule is CC1(C(=O)Nc2ccccc2)COC(c2nc(-c3ccc(F)cc3)c(-c3ccnc(NCC4CCCO4)n3)[nH]2)OC1. The first-order chi connectivity index (χ1) is 20.0. The first kappa shape index (κ1) is 27.0. The van der Waals surface area contributed by atoms with Crippen LogP contribution in [0.2, 0.25) is 0 Å². The number of rotatable bonds is 8. The Morgan fingerprint density at radius 1 is 1.05 bits per heavy atom. The fraction of sp³-hybridized carbons (Fsp3) is 0.333. The van der Waals surface area contributed by atoms with Crippen LogP contribution < -0.4 is 10.6 Å². The van der Waals surface area contributed by atoms with Crippen molar-refractivity contribution < 1.29 is 23.4 Å². The van der Waals surface area contributed by atoms with Crippen LogP contribution in [0.3, 0.4) is 0 Å². The van der Waals surface area contributed by atoms with Crippen LogP contribution in [0.15, 0.2) is 66.9 Å². The molecule has 0 aliphatic carbocycles. The monoisotopic (exact) mass is 558 g/mol. The molecule has 1 atom stereocenters. The van der Waals surface area contributed by atoms with Crippen LogP contribution in [-0.2, 0) is 19.0 Å². The smallest absolute Gasteiger partial charge is 0.234 e.